The summed E-state index contributed by atoms with van der Waals surface area (Å²) in [5.41, 5.74) is 0.845. The van der Waals surface area contributed by atoms with Gasteiger partial charge in [0.1, 0.15) is 11.6 Å². The first kappa shape index (κ1) is 14.4. The number of anilines is 1. The number of ether oxygens (including phenoxy) is 1. The average molecular weight is 307 g/mol. The van der Waals surface area contributed by atoms with E-state index in [-0.39, 0.29) is 5.28 Å². The van der Waals surface area contributed by atoms with Crippen LogP contribution in [0.2, 0.25) is 5.28 Å². The van der Waals surface area contributed by atoms with E-state index in [4.69, 9.17) is 16.3 Å². The van der Waals surface area contributed by atoms with Gasteiger partial charge in [-0.15, -0.1) is 0 Å². The Hall–Kier alpha value is -1.59. The Balaban J connectivity index is 2.00. The standard InChI is InChI=1S/C15H19ClN4O/c1-3-17-10-6-7-20(9-10)14-12-8-11(21-2)4-5-13(12)18-15(16)19-14/h4-5,8,10,17H,3,6-7,9H2,1-2H3/t10-/m0/s1. The number of fused-ring (bicyclic) bond motifs is 1. The molecule has 6 heteroatoms. The molecule has 1 saturated heterocycles. The van der Waals surface area contributed by atoms with Crippen LogP contribution in [0, 0.1) is 0 Å². The Morgan fingerprint density at radius 3 is 3.05 bits per heavy atom. The van der Waals surface area contributed by atoms with Gasteiger partial charge in [-0.3, -0.25) is 0 Å². The van der Waals surface area contributed by atoms with Gasteiger partial charge in [-0.25, -0.2) is 4.98 Å². The average Bonchev–Trinajstić information content (AvgIpc) is 2.95. The quantitative estimate of drug-likeness (QED) is 0.880. The van der Waals surface area contributed by atoms with Crippen molar-refractivity contribution in [2.75, 3.05) is 31.6 Å². The van der Waals surface area contributed by atoms with Crippen LogP contribution in [0.4, 0.5) is 5.82 Å². The summed E-state index contributed by atoms with van der Waals surface area (Å²) in [6, 6.07) is 6.29. The molecular formula is C15H19ClN4O. The Morgan fingerprint density at radius 1 is 1.43 bits per heavy atom. The van der Waals surface area contributed by atoms with Gasteiger partial charge in [0, 0.05) is 24.5 Å². The fraction of sp³-hybridized carbons (Fsp3) is 0.467. The molecule has 0 aliphatic carbocycles. The van der Waals surface area contributed by atoms with Crippen molar-refractivity contribution in [3.63, 3.8) is 0 Å². The van der Waals surface area contributed by atoms with Crippen molar-refractivity contribution in [1.29, 1.82) is 0 Å². The summed E-state index contributed by atoms with van der Waals surface area (Å²) in [7, 11) is 1.66. The summed E-state index contributed by atoms with van der Waals surface area (Å²) in [5.74, 6) is 1.70. The molecule has 1 aliphatic rings. The maximum atomic E-state index is 6.08. The number of hydrogen-bond donors (Lipinski definition) is 1. The summed E-state index contributed by atoms with van der Waals surface area (Å²) >= 11 is 6.08. The molecule has 1 fully saturated rings. The summed E-state index contributed by atoms with van der Waals surface area (Å²) in [5, 5.41) is 4.76. The van der Waals surface area contributed by atoms with Crippen LogP contribution >= 0.6 is 11.6 Å². The topological polar surface area (TPSA) is 50.3 Å². The second-order valence-electron chi connectivity index (χ2n) is 5.19. The number of nitrogens with zero attached hydrogens (tertiary/aromatic N) is 3. The molecule has 0 spiro atoms. The molecule has 3 rings (SSSR count). The van der Waals surface area contributed by atoms with E-state index in [1.54, 1.807) is 7.11 Å². The van der Waals surface area contributed by atoms with E-state index in [0.29, 0.717) is 6.04 Å². The van der Waals surface area contributed by atoms with Crippen LogP contribution in [0.3, 0.4) is 0 Å². The van der Waals surface area contributed by atoms with Crippen LogP contribution in [-0.4, -0.2) is 42.8 Å². The Kier molecular flexibility index (Phi) is 4.12. The zero-order valence-corrected chi connectivity index (χ0v) is 13.0. The predicted molar refractivity (Wildman–Crippen MR) is 85.4 cm³/mol. The number of hydrogen-bond acceptors (Lipinski definition) is 5. The zero-order valence-electron chi connectivity index (χ0n) is 12.3. The number of methoxy groups -OCH3 is 1. The molecule has 1 aromatic carbocycles. The van der Waals surface area contributed by atoms with Crippen LogP contribution in [0.15, 0.2) is 18.2 Å². The van der Waals surface area contributed by atoms with E-state index in [2.05, 4.69) is 27.1 Å². The van der Waals surface area contributed by atoms with Gasteiger partial charge in [-0.2, -0.15) is 4.98 Å². The van der Waals surface area contributed by atoms with E-state index < -0.39 is 0 Å². The van der Waals surface area contributed by atoms with Crippen molar-refractivity contribution in [2.24, 2.45) is 0 Å². The number of benzene rings is 1. The fourth-order valence-electron chi connectivity index (χ4n) is 2.84. The highest BCUT2D eigenvalue weighted by Gasteiger charge is 2.24. The van der Waals surface area contributed by atoms with Crippen molar-refractivity contribution >= 4 is 28.3 Å². The molecule has 112 valence electrons. The van der Waals surface area contributed by atoms with Crippen molar-refractivity contribution in [3.8, 4) is 5.75 Å². The van der Waals surface area contributed by atoms with Crippen LogP contribution in [0.5, 0.6) is 5.75 Å². The Labute approximate surface area is 129 Å². The largest absolute Gasteiger partial charge is 0.497 e. The number of rotatable bonds is 4. The van der Waals surface area contributed by atoms with Gasteiger partial charge in [0.15, 0.2) is 0 Å². The summed E-state index contributed by atoms with van der Waals surface area (Å²) in [6.07, 6.45) is 1.11. The highest BCUT2D eigenvalue weighted by atomic mass is 35.5. The minimum absolute atomic E-state index is 0.287. The van der Waals surface area contributed by atoms with Crippen molar-refractivity contribution < 1.29 is 4.74 Å². The van der Waals surface area contributed by atoms with Gasteiger partial charge in [0.2, 0.25) is 5.28 Å². The highest BCUT2D eigenvalue weighted by molar-refractivity contribution is 6.28. The molecule has 1 aromatic heterocycles. The lowest BCUT2D eigenvalue weighted by Gasteiger charge is -2.20. The van der Waals surface area contributed by atoms with Gasteiger partial charge in [0.25, 0.3) is 0 Å². The van der Waals surface area contributed by atoms with E-state index in [1.807, 2.05) is 18.2 Å². The predicted octanol–water partition coefficient (Wildman–Crippen LogP) is 2.48. The Bertz CT molecular complexity index is 649. The van der Waals surface area contributed by atoms with Crippen LogP contribution in [0.1, 0.15) is 13.3 Å². The van der Waals surface area contributed by atoms with Gasteiger partial charge < -0.3 is 15.0 Å². The number of likely N-dealkylation sites (N-methyl/N-ethyl adjacent to an activating group) is 1. The molecule has 5 nitrogen and oxygen atoms in total. The van der Waals surface area contributed by atoms with Gasteiger partial charge in [0.05, 0.1) is 12.6 Å². The second kappa shape index (κ2) is 6.03. The molecule has 2 heterocycles. The SMILES string of the molecule is CCN[C@H]1CCN(c2nc(Cl)nc3ccc(OC)cc23)C1. The van der Waals surface area contributed by atoms with E-state index in [9.17, 15) is 0 Å². The van der Waals surface area contributed by atoms with Gasteiger partial charge in [-0.05, 0) is 42.8 Å². The van der Waals surface area contributed by atoms with Crippen molar-refractivity contribution in [3.05, 3.63) is 23.5 Å². The van der Waals surface area contributed by atoms with Crippen LogP contribution in [0.25, 0.3) is 10.9 Å². The molecule has 21 heavy (non-hydrogen) atoms. The second-order valence-corrected chi connectivity index (χ2v) is 5.53. The maximum Gasteiger partial charge on any atom is 0.224 e. The third kappa shape index (κ3) is 2.89. The molecule has 1 N–H and O–H groups in total. The normalized spacial score (nSPS) is 18.4. The molecule has 2 aromatic rings. The number of aromatic nitrogens is 2. The van der Waals surface area contributed by atoms with E-state index in [0.717, 1.165) is 48.5 Å². The number of halogens is 1. The van der Waals surface area contributed by atoms with E-state index >= 15 is 0 Å². The molecule has 0 bridgehead atoms. The first-order valence-corrected chi connectivity index (χ1v) is 7.58. The molecular weight excluding hydrogens is 288 g/mol. The van der Waals surface area contributed by atoms with E-state index in [1.165, 1.54) is 0 Å². The molecule has 1 aliphatic heterocycles. The zero-order chi connectivity index (χ0) is 14.8. The van der Waals surface area contributed by atoms with Crippen molar-refractivity contribution in [2.45, 2.75) is 19.4 Å². The highest BCUT2D eigenvalue weighted by Crippen LogP contribution is 2.30. The van der Waals surface area contributed by atoms with Crippen molar-refractivity contribution in [1.82, 2.24) is 15.3 Å². The monoisotopic (exact) mass is 306 g/mol. The molecule has 0 radical (unpaired) electrons. The number of nitrogens with one attached hydrogen (secondary N) is 1. The first-order valence-electron chi connectivity index (χ1n) is 7.21. The molecule has 0 amide bonds. The minimum Gasteiger partial charge on any atom is -0.497 e. The summed E-state index contributed by atoms with van der Waals surface area (Å²) in [6.45, 7) is 5.02. The lowest BCUT2D eigenvalue weighted by molar-refractivity contribution is 0.415. The summed E-state index contributed by atoms with van der Waals surface area (Å²) in [4.78, 5) is 11.0. The maximum absolute atomic E-state index is 6.08. The third-order valence-electron chi connectivity index (χ3n) is 3.84. The molecule has 0 unspecified atom stereocenters. The smallest absolute Gasteiger partial charge is 0.224 e. The molecule has 0 saturated carbocycles. The van der Waals surface area contributed by atoms with Gasteiger partial charge in [-0.1, -0.05) is 6.92 Å². The fourth-order valence-corrected chi connectivity index (χ4v) is 3.01. The minimum atomic E-state index is 0.287. The van der Waals surface area contributed by atoms with Crippen LogP contribution < -0.4 is 15.0 Å². The lowest BCUT2D eigenvalue weighted by atomic mass is 10.2. The first-order chi connectivity index (χ1) is 10.2. The Morgan fingerprint density at radius 2 is 2.29 bits per heavy atom. The summed E-state index contributed by atoms with van der Waals surface area (Å²) < 4.78 is 5.31. The van der Waals surface area contributed by atoms with Gasteiger partial charge >= 0.3 is 0 Å². The molecule has 1 atom stereocenters. The van der Waals surface area contributed by atoms with Crippen LogP contribution in [-0.2, 0) is 0 Å². The lowest BCUT2D eigenvalue weighted by Crippen LogP contribution is -2.32. The third-order valence-corrected chi connectivity index (χ3v) is 4.01.